The van der Waals surface area contributed by atoms with Crippen LogP contribution in [0.4, 0.5) is 0 Å². The number of fused-ring (bicyclic) bond motifs is 1. The predicted molar refractivity (Wildman–Crippen MR) is 111 cm³/mol. The fourth-order valence-electron chi connectivity index (χ4n) is 2.94. The van der Waals surface area contributed by atoms with E-state index in [1.807, 2.05) is 12.1 Å². The summed E-state index contributed by atoms with van der Waals surface area (Å²) in [6.07, 6.45) is 1.66. The number of benzene rings is 2. The minimum Gasteiger partial charge on any atom is -0.478 e. The van der Waals surface area contributed by atoms with E-state index in [2.05, 4.69) is 4.98 Å². The van der Waals surface area contributed by atoms with Crippen molar-refractivity contribution >= 4 is 40.1 Å². The zero-order chi connectivity index (χ0) is 20.3. The summed E-state index contributed by atoms with van der Waals surface area (Å²) in [4.78, 5) is 28.2. The number of esters is 1. The maximum absolute atomic E-state index is 13.2. The lowest BCUT2D eigenvalue weighted by molar-refractivity contribution is -0.148. The van der Waals surface area contributed by atoms with E-state index in [4.69, 9.17) is 32.7 Å². The van der Waals surface area contributed by atoms with Crippen LogP contribution in [0.15, 0.2) is 47.4 Å². The minimum atomic E-state index is -0.811. The Morgan fingerprint density at radius 2 is 1.86 bits per heavy atom. The van der Waals surface area contributed by atoms with Crippen LogP contribution in [0.2, 0.25) is 10.0 Å². The van der Waals surface area contributed by atoms with Gasteiger partial charge in [-0.15, -0.1) is 0 Å². The SMILES string of the molecule is CCC(Oc1ccc(Cl)c2[nH]cc(Cc3ccc(Cl)cc3)c(=O)c12)C(=O)OC. The van der Waals surface area contributed by atoms with Gasteiger partial charge in [0.15, 0.2) is 11.5 Å². The van der Waals surface area contributed by atoms with Crippen LogP contribution in [0.1, 0.15) is 24.5 Å². The molecule has 2 aromatic carbocycles. The average molecular weight is 420 g/mol. The first-order valence-electron chi connectivity index (χ1n) is 8.76. The molecule has 1 N–H and O–H groups in total. The van der Waals surface area contributed by atoms with Crippen LogP contribution in [0.3, 0.4) is 0 Å². The lowest BCUT2D eigenvalue weighted by atomic mass is 10.0. The number of rotatable bonds is 6. The Balaban J connectivity index is 2.07. The molecule has 0 saturated heterocycles. The van der Waals surface area contributed by atoms with Crippen molar-refractivity contribution in [2.75, 3.05) is 7.11 Å². The minimum absolute atomic E-state index is 0.207. The topological polar surface area (TPSA) is 68.4 Å². The second-order valence-corrected chi connectivity index (χ2v) is 7.12. The van der Waals surface area contributed by atoms with Crippen LogP contribution in [0.25, 0.3) is 10.9 Å². The number of aromatic amines is 1. The first-order chi connectivity index (χ1) is 13.4. The maximum Gasteiger partial charge on any atom is 0.347 e. The monoisotopic (exact) mass is 419 g/mol. The lowest BCUT2D eigenvalue weighted by Gasteiger charge is -2.17. The fourth-order valence-corrected chi connectivity index (χ4v) is 3.28. The summed E-state index contributed by atoms with van der Waals surface area (Å²) in [7, 11) is 1.30. The van der Waals surface area contributed by atoms with Crippen LogP contribution in [0.5, 0.6) is 5.75 Å². The molecule has 1 unspecified atom stereocenters. The van der Waals surface area contributed by atoms with Gasteiger partial charge in [-0.1, -0.05) is 42.3 Å². The number of hydrogen-bond acceptors (Lipinski definition) is 4. The number of pyridine rings is 1. The van der Waals surface area contributed by atoms with Crippen LogP contribution in [-0.2, 0) is 16.0 Å². The standard InChI is InChI=1S/C21H19Cl2NO4/c1-3-16(21(26)27-2)28-17-9-8-15(23)19-18(17)20(25)13(11-24-19)10-12-4-6-14(22)7-5-12/h4-9,11,16H,3,10H2,1-2H3,(H,24,25). The number of halogens is 2. The van der Waals surface area contributed by atoms with Crippen molar-refractivity contribution in [2.45, 2.75) is 25.9 Å². The smallest absolute Gasteiger partial charge is 0.347 e. The molecule has 1 atom stereocenters. The van der Waals surface area contributed by atoms with E-state index in [9.17, 15) is 9.59 Å². The second kappa shape index (κ2) is 8.67. The van der Waals surface area contributed by atoms with E-state index in [0.717, 1.165) is 5.56 Å². The molecular weight excluding hydrogens is 401 g/mol. The van der Waals surface area contributed by atoms with Gasteiger partial charge in [-0.3, -0.25) is 4.79 Å². The fraction of sp³-hybridized carbons (Fsp3) is 0.238. The van der Waals surface area contributed by atoms with Gasteiger partial charge in [-0.2, -0.15) is 0 Å². The van der Waals surface area contributed by atoms with Crippen molar-refractivity contribution in [3.8, 4) is 5.75 Å². The highest BCUT2D eigenvalue weighted by Crippen LogP contribution is 2.29. The molecule has 0 aliphatic rings. The Bertz CT molecular complexity index is 1060. The molecule has 0 aliphatic heterocycles. The second-order valence-electron chi connectivity index (χ2n) is 6.28. The molecule has 0 fully saturated rings. The van der Waals surface area contributed by atoms with Crippen molar-refractivity contribution in [1.82, 2.24) is 4.98 Å². The molecule has 7 heteroatoms. The van der Waals surface area contributed by atoms with Gasteiger partial charge in [0.25, 0.3) is 0 Å². The Morgan fingerprint density at radius 3 is 2.50 bits per heavy atom. The number of H-pyrrole nitrogens is 1. The molecule has 3 aromatic rings. The summed E-state index contributed by atoms with van der Waals surface area (Å²) in [5.41, 5.74) is 1.75. The number of carbonyl (C=O) groups is 1. The Hall–Kier alpha value is -2.50. The van der Waals surface area contributed by atoms with Gasteiger partial charge in [0.05, 0.1) is 23.0 Å². The number of nitrogens with one attached hydrogen (secondary N) is 1. The molecule has 146 valence electrons. The molecule has 3 rings (SSSR count). The Morgan fingerprint density at radius 1 is 1.14 bits per heavy atom. The highest BCUT2D eigenvalue weighted by atomic mass is 35.5. The summed E-state index contributed by atoms with van der Waals surface area (Å²) in [6, 6.07) is 10.5. The van der Waals surface area contributed by atoms with Gasteiger partial charge in [0.2, 0.25) is 0 Å². The van der Waals surface area contributed by atoms with Gasteiger partial charge < -0.3 is 14.5 Å². The van der Waals surface area contributed by atoms with E-state index in [1.165, 1.54) is 7.11 Å². The van der Waals surface area contributed by atoms with Crippen LogP contribution >= 0.6 is 23.2 Å². The molecule has 28 heavy (non-hydrogen) atoms. The van der Waals surface area contributed by atoms with E-state index in [-0.39, 0.29) is 11.2 Å². The number of hydrogen-bond donors (Lipinski definition) is 1. The zero-order valence-corrected chi connectivity index (χ0v) is 16.9. The first kappa shape index (κ1) is 20.2. The van der Waals surface area contributed by atoms with Crippen LogP contribution in [0, 0.1) is 0 Å². The summed E-state index contributed by atoms with van der Waals surface area (Å²) >= 11 is 12.2. The summed E-state index contributed by atoms with van der Waals surface area (Å²) in [5.74, 6) is -0.213. The third-order valence-corrected chi connectivity index (χ3v) is 5.00. The molecule has 5 nitrogen and oxygen atoms in total. The number of ether oxygens (including phenoxy) is 2. The summed E-state index contributed by atoms with van der Waals surface area (Å²) in [6.45, 7) is 1.80. The maximum atomic E-state index is 13.2. The first-order valence-corrected chi connectivity index (χ1v) is 9.51. The van der Waals surface area contributed by atoms with Crippen molar-refractivity contribution < 1.29 is 14.3 Å². The predicted octanol–water partition coefficient (Wildman–Crippen LogP) is 4.76. The van der Waals surface area contributed by atoms with Gasteiger partial charge >= 0.3 is 5.97 Å². The lowest BCUT2D eigenvalue weighted by Crippen LogP contribution is -2.28. The molecule has 1 aromatic heterocycles. The number of methoxy groups -OCH3 is 1. The summed E-state index contributed by atoms with van der Waals surface area (Å²) in [5, 5.41) is 1.33. The van der Waals surface area contributed by atoms with Crippen molar-refractivity contribution in [2.24, 2.45) is 0 Å². The highest BCUT2D eigenvalue weighted by Gasteiger charge is 2.22. The zero-order valence-electron chi connectivity index (χ0n) is 15.4. The van der Waals surface area contributed by atoms with Gasteiger partial charge in [-0.05, 0) is 36.2 Å². The highest BCUT2D eigenvalue weighted by molar-refractivity contribution is 6.35. The Labute approximate surface area is 172 Å². The number of aromatic nitrogens is 1. The van der Waals surface area contributed by atoms with Crippen LogP contribution < -0.4 is 10.2 Å². The van der Waals surface area contributed by atoms with Crippen molar-refractivity contribution in [3.63, 3.8) is 0 Å². The molecule has 0 spiro atoms. The van der Waals surface area contributed by atoms with E-state index in [0.29, 0.717) is 39.4 Å². The molecule has 0 amide bonds. The largest absolute Gasteiger partial charge is 0.478 e. The van der Waals surface area contributed by atoms with Crippen LogP contribution in [-0.4, -0.2) is 24.2 Å². The van der Waals surface area contributed by atoms with E-state index in [1.54, 1.807) is 37.4 Å². The molecule has 0 aliphatic carbocycles. The average Bonchev–Trinajstić information content (AvgIpc) is 2.70. The molecule has 1 heterocycles. The van der Waals surface area contributed by atoms with Crippen molar-refractivity contribution in [1.29, 1.82) is 0 Å². The van der Waals surface area contributed by atoms with E-state index < -0.39 is 12.1 Å². The summed E-state index contributed by atoms with van der Waals surface area (Å²) < 4.78 is 10.6. The molecule has 0 bridgehead atoms. The Kier molecular flexibility index (Phi) is 6.27. The number of carbonyl (C=O) groups excluding carboxylic acids is 1. The van der Waals surface area contributed by atoms with E-state index >= 15 is 0 Å². The van der Waals surface area contributed by atoms with Gasteiger partial charge in [0, 0.05) is 23.2 Å². The third-order valence-electron chi connectivity index (χ3n) is 4.44. The normalized spacial score (nSPS) is 12.0. The van der Waals surface area contributed by atoms with Gasteiger partial charge in [-0.25, -0.2) is 4.79 Å². The molecular formula is C21H19Cl2NO4. The van der Waals surface area contributed by atoms with Gasteiger partial charge in [0.1, 0.15) is 5.75 Å². The molecule has 0 radical (unpaired) electrons. The van der Waals surface area contributed by atoms with Crippen molar-refractivity contribution in [3.05, 3.63) is 74.0 Å². The third kappa shape index (κ3) is 4.16. The molecule has 0 saturated carbocycles. The quantitative estimate of drug-likeness (QED) is 0.584.